The lowest BCUT2D eigenvalue weighted by Gasteiger charge is -2.07. The number of rotatable bonds is 7. The number of fused-ring (bicyclic) bond motifs is 1. The van der Waals surface area contributed by atoms with E-state index in [1.54, 1.807) is 30.3 Å². The van der Waals surface area contributed by atoms with Crippen molar-refractivity contribution in [2.75, 3.05) is 5.32 Å². The van der Waals surface area contributed by atoms with Crippen molar-refractivity contribution in [3.8, 4) is 0 Å². The molecule has 1 aromatic heterocycles. The number of hydrogen-bond acceptors (Lipinski definition) is 4. The molecule has 0 aliphatic carbocycles. The van der Waals surface area contributed by atoms with Crippen LogP contribution in [0.2, 0.25) is 0 Å². The Bertz CT molecular complexity index is 951. The molecular formula is C18H16F2N2O3S. The number of aromatic nitrogens is 1. The Kier molecular flexibility index (Phi) is 5.72. The second kappa shape index (κ2) is 8.18. The first-order valence-corrected chi connectivity index (χ1v) is 8.84. The predicted molar refractivity (Wildman–Crippen MR) is 96.6 cm³/mol. The van der Waals surface area contributed by atoms with Crippen LogP contribution in [0.25, 0.3) is 11.1 Å². The molecule has 0 bridgehead atoms. The van der Waals surface area contributed by atoms with Gasteiger partial charge in [-0.2, -0.15) is 8.78 Å². The molecule has 2 aromatic carbocycles. The highest BCUT2D eigenvalue weighted by Gasteiger charge is 2.10. The molecule has 3 rings (SSSR count). The molecular weight excluding hydrogens is 362 g/mol. The van der Waals surface area contributed by atoms with Crippen LogP contribution < -0.4 is 11.1 Å². The highest BCUT2D eigenvalue weighted by molar-refractivity contribution is 7.99. The van der Waals surface area contributed by atoms with Crippen LogP contribution >= 0.6 is 11.8 Å². The zero-order chi connectivity index (χ0) is 18.5. The number of para-hydroxylation sites is 2. The van der Waals surface area contributed by atoms with E-state index in [1.807, 2.05) is 6.07 Å². The fourth-order valence-corrected chi connectivity index (χ4v) is 3.07. The number of halogens is 2. The van der Waals surface area contributed by atoms with Gasteiger partial charge >= 0.3 is 5.76 Å². The molecule has 136 valence electrons. The summed E-state index contributed by atoms with van der Waals surface area (Å²) in [6.07, 6.45) is 0.689. The minimum absolute atomic E-state index is 0.208. The molecule has 1 N–H and O–H groups in total. The number of anilines is 1. The number of oxazole rings is 1. The number of hydrogen-bond donors (Lipinski definition) is 1. The standard InChI is InChI=1S/C18H16F2N2O3S/c19-17(20)26-13-9-7-12(8-10-13)21-16(23)6-3-11-22-14-4-1-2-5-15(14)25-18(22)24/h1-2,4-5,7-10,17H,3,6,11H2,(H,21,23). The predicted octanol–water partition coefficient (Wildman–Crippen LogP) is 4.33. The van der Waals surface area contributed by atoms with Crippen LogP contribution in [0.5, 0.6) is 0 Å². The van der Waals surface area contributed by atoms with E-state index in [0.29, 0.717) is 46.4 Å². The highest BCUT2D eigenvalue weighted by atomic mass is 32.2. The first-order valence-electron chi connectivity index (χ1n) is 7.96. The molecule has 0 radical (unpaired) electrons. The number of nitrogens with one attached hydrogen (secondary N) is 1. The Morgan fingerprint density at radius 1 is 1.15 bits per heavy atom. The SMILES string of the molecule is O=C(CCCn1c(=O)oc2ccccc21)Nc1ccc(SC(F)F)cc1. The number of benzene rings is 2. The van der Waals surface area contributed by atoms with E-state index < -0.39 is 11.5 Å². The number of thioether (sulfide) groups is 1. The van der Waals surface area contributed by atoms with Crippen LogP contribution in [-0.2, 0) is 11.3 Å². The molecule has 1 amide bonds. The van der Waals surface area contributed by atoms with Crippen LogP contribution in [0.3, 0.4) is 0 Å². The molecule has 3 aromatic rings. The molecule has 0 atom stereocenters. The maximum atomic E-state index is 12.3. The summed E-state index contributed by atoms with van der Waals surface area (Å²) in [6.45, 7) is 0.368. The lowest BCUT2D eigenvalue weighted by atomic mass is 10.2. The van der Waals surface area contributed by atoms with Crippen molar-refractivity contribution in [3.05, 3.63) is 59.1 Å². The largest absolute Gasteiger partial charge is 0.419 e. The first-order chi connectivity index (χ1) is 12.5. The summed E-state index contributed by atoms with van der Waals surface area (Å²) in [4.78, 5) is 24.3. The van der Waals surface area contributed by atoms with E-state index >= 15 is 0 Å². The number of carbonyl (C=O) groups is 1. The van der Waals surface area contributed by atoms with Crippen molar-refractivity contribution >= 4 is 34.5 Å². The summed E-state index contributed by atoms with van der Waals surface area (Å²) in [5.41, 5.74) is 1.76. The molecule has 0 saturated carbocycles. The third-order valence-electron chi connectivity index (χ3n) is 3.72. The smallest absolute Gasteiger partial charge is 0.408 e. The summed E-state index contributed by atoms with van der Waals surface area (Å²) >= 11 is 0.453. The average Bonchev–Trinajstić information content (AvgIpc) is 2.92. The lowest BCUT2D eigenvalue weighted by Crippen LogP contribution is -2.17. The maximum Gasteiger partial charge on any atom is 0.419 e. The van der Waals surface area contributed by atoms with Crippen LogP contribution in [-0.4, -0.2) is 16.2 Å². The molecule has 0 fully saturated rings. The molecule has 5 nitrogen and oxygen atoms in total. The molecule has 0 aliphatic rings. The van der Waals surface area contributed by atoms with Gasteiger partial charge in [-0.1, -0.05) is 23.9 Å². The Morgan fingerprint density at radius 3 is 2.62 bits per heavy atom. The lowest BCUT2D eigenvalue weighted by molar-refractivity contribution is -0.116. The molecule has 0 spiro atoms. The van der Waals surface area contributed by atoms with Gasteiger partial charge in [0.15, 0.2) is 5.58 Å². The van der Waals surface area contributed by atoms with Crippen molar-refractivity contribution in [3.63, 3.8) is 0 Å². The monoisotopic (exact) mass is 378 g/mol. The molecule has 26 heavy (non-hydrogen) atoms. The zero-order valence-electron chi connectivity index (χ0n) is 13.7. The fraction of sp³-hybridized carbons (Fsp3) is 0.222. The molecule has 0 aliphatic heterocycles. The third-order valence-corrected chi connectivity index (χ3v) is 4.45. The van der Waals surface area contributed by atoms with Gasteiger partial charge in [0.2, 0.25) is 5.91 Å². The Labute approximate surface area is 152 Å². The number of aryl methyl sites for hydroxylation is 1. The summed E-state index contributed by atoms with van der Waals surface area (Å²) in [5, 5.41) is 2.71. The molecule has 8 heteroatoms. The summed E-state index contributed by atoms with van der Waals surface area (Å²) in [5.74, 6) is -3.13. The molecule has 1 heterocycles. The second-order valence-electron chi connectivity index (χ2n) is 5.54. The van der Waals surface area contributed by atoms with Crippen molar-refractivity contribution < 1.29 is 18.0 Å². The van der Waals surface area contributed by atoms with Crippen molar-refractivity contribution in [2.24, 2.45) is 0 Å². The number of amides is 1. The van der Waals surface area contributed by atoms with Crippen LogP contribution in [0.15, 0.2) is 62.6 Å². The molecule has 0 saturated heterocycles. The van der Waals surface area contributed by atoms with Gasteiger partial charge in [0.25, 0.3) is 5.76 Å². The van der Waals surface area contributed by atoms with E-state index in [9.17, 15) is 18.4 Å². The number of nitrogens with zero attached hydrogens (tertiary/aromatic N) is 1. The first kappa shape index (κ1) is 18.2. The van der Waals surface area contributed by atoms with Gasteiger partial charge in [-0.05, 0) is 42.8 Å². The van der Waals surface area contributed by atoms with Gasteiger partial charge in [-0.3, -0.25) is 9.36 Å². The third kappa shape index (κ3) is 4.51. The Morgan fingerprint density at radius 2 is 1.88 bits per heavy atom. The minimum atomic E-state index is -2.47. The second-order valence-corrected chi connectivity index (χ2v) is 6.61. The Balaban J connectivity index is 1.52. The number of alkyl halides is 2. The van der Waals surface area contributed by atoms with E-state index in [4.69, 9.17) is 4.42 Å². The zero-order valence-corrected chi connectivity index (χ0v) is 14.5. The van der Waals surface area contributed by atoms with E-state index in [2.05, 4.69) is 5.32 Å². The van der Waals surface area contributed by atoms with Gasteiger partial charge in [0.05, 0.1) is 5.52 Å². The normalized spacial score (nSPS) is 11.2. The average molecular weight is 378 g/mol. The van der Waals surface area contributed by atoms with E-state index in [1.165, 1.54) is 16.7 Å². The Hall–Kier alpha value is -2.61. The van der Waals surface area contributed by atoms with Crippen molar-refractivity contribution in [2.45, 2.75) is 30.0 Å². The van der Waals surface area contributed by atoms with Crippen molar-refractivity contribution in [1.29, 1.82) is 0 Å². The highest BCUT2D eigenvalue weighted by Crippen LogP contribution is 2.26. The van der Waals surface area contributed by atoms with Gasteiger partial charge < -0.3 is 9.73 Å². The quantitative estimate of drug-likeness (QED) is 0.622. The van der Waals surface area contributed by atoms with Crippen molar-refractivity contribution in [1.82, 2.24) is 4.57 Å². The topological polar surface area (TPSA) is 64.2 Å². The maximum absolute atomic E-state index is 12.3. The number of carbonyl (C=O) groups excluding carboxylic acids is 1. The fourth-order valence-electron chi connectivity index (χ4n) is 2.57. The van der Waals surface area contributed by atoms with Gasteiger partial charge in [-0.15, -0.1) is 0 Å². The van der Waals surface area contributed by atoms with E-state index in [0.717, 1.165) is 0 Å². The van der Waals surface area contributed by atoms with Crippen LogP contribution in [0.4, 0.5) is 14.5 Å². The van der Waals surface area contributed by atoms with E-state index in [-0.39, 0.29) is 12.3 Å². The van der Waals surface area contributed by atoms with Gasteiger partial charge in [0.1, 0.15) is 0 Å². The van der Waals surface area contributed by atoms with Gasteiger partial charge in [0, 0.05) is 23.5 Å². The summed E-state index contributed by atoms with van der Waals surface area (Å²) < 4.78 is 31.2. The minimum Gasteiger partial charge on any atom is -0.408 e. The van der Waals surface area contributed by atoms with Crippen LogP contribution in [0.1, 0.15) is 12.8 Å². The summed E-state index contributed by atoms with van der Waals surface area (Å²) in [6, 6.07) is 13.3. The summed E-state index contributed by atoms with van der Waals surface area (Å²) in [7, 11) is 0. The molecule has 0 unspecified atom stereocenters. The van der Waals surface area contributed by atoms with Crippen LogP contribution in [0, 0.1) is 0 Å². The van der Waals surface area contributed by atoms with Gasteiger partial charge in [-0.25, -0.2) is 4.79 Å².